The number of hydrogen-bond acceptors (Lipinski definition) is 6. The lowest BCUT2D eigenvalue weighted by Gasteiger charge is -2.12. The molecule has 0 saturated heterocycles. The SMILES string of the molecule is C=C(I)C(=O)[O][Al]([O]C(=O)C(=C)I)[O]C(=O)C(=C)I. The van der Waals surface area contributed by atoms with Crippen molar-refractivity contribution in [1.29, 1.82) is 0 Å². The van der Waals surface area contributed by atoms with E-state index in [0.29, 0.717) is 0 Å². The summed E-state index contributed by atoms with van der Waals surface area (Å²) in [5.74, 6) is -2.47. The Balaban J connectivity index is 4.82. The molecule has 0 aromatic heterocycles. The van der Waals surface area contributed by atoms with Crippen LogP contribution in [0.15, 0.2) is 30.5 Å². The highest BCUT2D eigenvalue weighted by Gasteiger charge is 2.49. The summed E-state index contributed by atoms with van der Waals surface area (Å²) in [6.45, 7) is 10.1. The minimum Gasteiger partial charge on any atom is -0.547 e. The van der Waals surface area contributed by atoms with E-state index in [2.05, 4.69) is 19.7 Å². The van der Waals surface area contributed by atoms with Crippen LogP contribution in [-0.2, 0) is 25.7 Å². The van der Waals surface area contributed by atoms with Crippen molar-refractivity contribution in [2.75, 3.05) is 0 Å². The summed E-state index contributed by atoms with van der Waals surface area (Å²) in [5.41, 5.74) is 0. The molecule has 0 saturated carbocycles. The summed E-state index contributed by atoms with van der Waals surface area (Å²) >= 11 is 1.57. The van der Waals surface area contributed by atoms with Crippen molar-refractivity contribution in [3.05, 3.63) is 30.5 Å². The maximum absolute atomic E-state index is 11.3. The predicted molar refractivity (Wildman–Crippen MR) is 93.5 cm³/mol. The monoisotopic (exact) mass is 618 g/mol. The van der Waals surface area contributed by atoms with Gasteiger partial charge in [0.1, 0.15) is 0 Å². The summed E-state index contributed by atoms with van der Waals surface area (Å²) in [4.78, 5) is 34.0. The molecule has 6 nitrogen and oxygen atoms in total. The van der Waals surface area contributed by atoms with Crippen LogP contribution < -0.4 is 0 Å². The van der Waals surface area contributed by atoms with Gasteiger partial charge in [0.05, 0.1) is 10.7 Å². The Bertz CT molecular complexity index is 394. The molecular weight excluding hydrogens is 612 g/mol. The highest BCUT2D eigenvalue weighted by Crippen LogP contribution is 2.12. The van der Waals surface area contributed by atoms with Gasteiger partial charge in [0.2, 0.25) is 0 Å². The topological polar surface area (TPSA) is 78.9 Å². The van der Waals surface area contributed by atoms with E-state index in [1.807, 2.05) is 0 Å². The summed E-state index contributed by atoms with van der Waals surface area (Å²) in [5, 5.41) is 0. The minimum absolute atomic E-state index is 0.0591. The van der Waals surface area contributed by atoms with Crippen LogP contribution in [0.5, 0.6) is 0 Å². The molecule has 0 amide bonds. The average Bonchev–Trinajstić information content (AvgIpc) is 2.27. The van der Waals surface area contributed by atoms with E-state index in [9.17, 15) is 14.4 Å². The zero-order valence-corrected chi connectivity index (χ0v) is 16.9. The molecule has 0 aliphatic rings. The first kappa shape index (κ1) is 19.4. The fourth-order valence-corrected chi connectivity index (χ4v) is 2.72. The molecule has 0 unspecified atom stereocenters. The van der Waals surface area contributed by atoms with Gasteiger partial charge in [-0.3, -0.25) is 0 Å². The van der Waals surface area contributed by atoms with Crippen LogP contribution in [0.3, 0.4) is 0 Å². The maximum atomic E-state index is 11.3. The molecule has 0 N–H and O–H groups in total. The molecule has 0 fully saturated rings. The highest BCUT2D eigenvalue weighted by atomic mass is 127. The van der Waals surface area contributed by atoms with Crippen LogP contribution in [0.4, 0.5) is 0 Å². The lowest BCUT2D eigenvalue weighted by molar-refractivity contribution is -0.141. The van der Waals surface area contributed by atoms with E-state index in [1.54, 1.807) is 67.8 Å². The van der Waals surface area contributed by atoms with E-state index < -0.39 is 33.1 Å². The fourth-order valence-electron chi connectivity index (χ4n) is 0.526. The molecule has 0 spiro atoms. The number of hydrogen-bond donors (Lipinski definition) is 0. The van der Waals surface area contributed by atoms with Crippen molar-refractivity contribution in [1.82, 2.24) is 0 Å². The third-order valence-corrected chi connectivity index (χ3v) is 3.82. The van der Waals surface area contributed by atoms with Crippen molar-refractivity contribution in [3.8, 4) is 0 Å². The molecule has 19 heavy (non-hydrogen) atoms. The average molecular weight is 618 g/mol. The standard InChI is InChI=1S/3C3H3IO2.Al/c3*1-2(4)3(5)6;/h3*1H2,(H,5,6);/q;;;+3/p-3. The van der Waals surface area contributed by atoms with Crippen LogP contribution in [0, 0.1) is 0 Å². The van der Waals surface area contributed by atoms with Gasteiger partial charge in [-0.15, -0.1) is 0 Å². The number of carbonyl (C=O) groups is 3. The molecule has 0 aromatic rings. The first-order chi connectivity index (χ1) is 8.65. The van der Waals surface area contributed by atoms with Crippen LogP contribution in [0.25, 0.3) is 0 Å². The van der Waals surface area contributed by atoms with Gasteiger partial charge < -0.3 is 11.4 Å². The lowest BCUT2D eigenvalue weighted by atomic mass is 10.7. The molecule has 0 rings (SSSR count). The van der Waals surface area contributed by atoms with Crippen LogP contribution >= 0.6 is 67.8 Å². The molecule has 0 radical (unpaired) electrons. The normalized spacial score (nSPS) is 9.00. The predicted octanol–water partition coefficient (Wildman–Crippen LogP) is 2.45. The van der Waals surface area contributed by atoms with Gasteiger partial charge in [-0.25, -0.2) is 14.4 Å². The van der Waals surface area contributed by atoms with Gasteiger partial charge in [-0.05, 0) is 67.8 Å². The van der Waals surface area contributed by atoms with Gasteiger partial charge in [0.25, 0.3) is 0 Å². The first-order valence-electron chi connectivity index (χ1n) is 4.31. The number of halogens is 3. The lowest BCUT2D eigenvalue weighted by Crippen LogP contribution is -2.34. The minimum atomic E-state index is -3.32. The van der Waals surface area contributed by atoms with Gasteiger partial charge in [-0.2, -0.15) is 0 Å². The van der Waals surface area contributed by atoms with E-state index in [-0.39, 0.29) is 10.7 Å². The summed E-state index contributed by atoms with van der Waals surface area (Å²) < 4.78 is 14.5. The molecule has 102 valence electrons. The van der Waals surface area contributed by atoms with Crippen molar-refractivity contribution in [2.45, 2.75) is 0 Å². The van der Waals surface area contributed by atoms with Gasteiger partial charge in [0.15, 0.2) is 0 Å². The zero-order valence-electron chi connectivity index (χ0n) is 9.28. The molecule has 0 aromatic carbocycles. The van der Waals surface area contributed by atoms with Crippen molar-refractivity contribution < 1.29 is 25.7 Å². The van der Waals surface area contributed by atoms with Crippen LogP contribution in [0.1, 0.15) is 0 Å². The van der Waals surface area contributed by atoms with Gasteiger partial charge >= 0.3 is 33.1 Å². The van der Waals surface area contributed by atoms with Gasteiger partial charge in [0, 0.05) is 0 Å². The summed E-state index contributed by atoms with van der Waals surface area (Å²) in [7, 11) is 0. The molecule has 0 bridgehead atoms. The second-order valence-corrected chi connectivity index (χ2v) is 7.91. The first-order valence-corrected chi connectivity index (χ1v) is 8.96. The fraction of sp³-hybridized carbons (Fsp3) is 0. The smallest absolute Gasteiger partial charge is 0.547 e. The number of rotatable bonds is 6. The largest absolute Gasteiger partial charge is 1.20 e. The van der Waals surface area contributed by atoms with E-state index >= 15 is 0 Å². The third-order valence-electron chi connectivity index (χ3n) is 1.27. The van der Waals surface area contributed by atoms with Crippen molar-refractivity contribution in [3.63, 3.8) is 0 Å². The molecule has 10 heteroatoms. The molecule has 0 aliphatic heterocycles. The van der Waals surface area contributed by atoms with E-state index in [4.69, 9.17) is 11.4 Å². The summed E-state index contributed by atoms with van der Waals surface area (Å²) in [6, 6.07) is 0. The number of carbonyl (C=O) groups excluding carboxylic acids is 3. The second-order valence-electron chi connectivity index (χ2n) is 2.72. The summed E-state index contributed by atoms with van der Waals surface area (Å²) in [6.07, 6.45) is 0. The Morgan fingerprint density at radius 3 is 1.05 bits per heavy atom. The Kier molecular flexibility index (Phi) is 9.49. The Morgan fingerprint density at radius 1 is 0.684 bits per heavy atom. The third kappa shape index (κ3) is 8.28. The molecule has 0 atom stereocenters. The highest BCUT2D eigenvalue weighted by molar-refractivity contribution is 14.1. The van der Waals surface area contributed by atoms with Crippen molar-refractivity contribution >= 4 is 101 Å². The molecule has 0 heterocycles. The van der Waals surface area contributed by atoms with Gasteiger partial charge in [-0.1, -0.05) is 19.7 Å². The van der Waals surface area contributed by atoms with Crippen molar-refractivity contribution in [2.24, 2.45) is 0 Å². The van der Waals surface area contributed by atoms with E-state index in [0.717, 1.165) is 0 Å². The Labute approximate surface area is 155 Å². The maximum Gasteiger partial charge on any atom is 1.20 e. The molecule has 0 aliphatic carbocycles. The Morgan fingerprint density at radius 2 is 0.895 bits per heavy atom. The van der Waals surface area contributed by atoms with Crippen LogP contribution in [0.2, 0.25) is 0 Å². The van der Waals surface area contributed by atoms with E-state index in [1.165, 1.54) is 0 Å². The second kappa shape index (κ2) is 9.32. The Hall–Kier alpha value is 0.352. The zero-order chi connectivity index (χ0) is 15.2. The molecular formula is C9H6AlI3O6. The van der Waals surface area contributed by atoms with Crippen LogP contribution in [-0.4, -0.2) is 33.1 Å². The quantitative estimate of drug-likeness (QED) is 0.259.